The molecule has 1 aliphatic carbocycles. The highest BCUT2D eigenvalue weighted by molar-refractivity contribution is 6.23. The fraction of sp³-hybridized carbons (Fsp3) is 0.391. The summed E-state index contributed by atoms with van der Waals surface area (Å²) in [4.78, 5) is 42.1. The lowest BCUT2D eigenvalue weighted by Gasteiger charge is -2.34. The van der Waals surface area contributed by atoms with Crippen LogP contribution in [0, 0.1) is 11.3 Å². The number of anilines is 1. The summed E-state index contributed by atoms with van der Waals surface area (Å²) in [5.41, 5.74) is 0.861. The van der Waals surface area contributed by atoms with E-state index >= 15 is 0 Å². The van der Waals surface area contributed by atoms with Crippen molar-refractivity contribution in [3.05, 3.63) is 54.0 Å². The fourth-order valence-corrected chi connectivity index (χ4v) is 4.41. The SMILES string of the molecule is N#Cc1ccc(N2C(=O)CC(N(C(=O)c3ccco3)C3CCCCCC3)C2=O)cc1. The van der Waals surface area contributed by atoms with Crippen LogP contribution in [-0.2, 0) is 9.59 Å². The molecule has 1 aromatic carbocycles. The molecule has 2 fully saturated rings. The van der Waals surface area contributed by atoms with E-state index < -0.39 is 11.9 Å². The van der Waals surface area contributed by atoms with Crippen LogP contribution in [0.2, 0.25) is 0 Å². The van der Waals surface area contributed by atoms with Crippen LogP contribution in [0.3, 0.4) is 0 Å². The average molecular weight is 405 g/mol. The van der Waals surface area contributed by atoms with Gasteiger partial charge in [-0.05, 0) is 49.2 Å². The number of amides is 3. The van der Waals surface area contributed by atoms with Gasteiger partial charge in [-0.1, -0.05) is 25.7 Å². The van der Waals surface area contributed by atoms with Gasteiger partial charge in [0.2, 0.25) is 5.91 Å². The zero-order valence-electron chi connectivity index (χ0n) is 16.6. The summed E-state index contributed by atoms with van der Waals surface area (Å²) in [7, 11) is 0. The molecule has 1 unspecified atom stereocenters. The van der Waals surface area contributed by atoms with Crippen LogP contribution in [0.15, 0.2) is 47.1 Å². The summed E-state index contributed by atoms with van der Waals surface area (Å²) >= 11 is 0. The molecular weight excluding hydrogens is 382 g/mol. The molecule has 0 bridgehead atoms. The Hall–Kier alpha value is -3.40. The number of carbonyl (C=O) groups excluding carboxylic acids is 3. The third-order valence-corrected chi connectivity index (χ3v) is 5.90. The van der Waals surface area contributed by atoms with E-state index in [0.717, 1.165) is 43.4 Å². The Morgan fingerprint density at radius 1 is 1.07 bits per heavy atom. The van der Waals surface area contributed by atoms with Gasteiger partial charge in [-0.2, -0.15) is 5.26 Å². The van der Waals surface area contributed by atoms with Crippen LogP contribution in [0.4, 0.5) is 5.69 Å². The van der Waals surface area contributed by atoms with Crippen molar-refractivity contribution in [3.8, 4) is 6.07 Å². The quantitative estimate of drug-likeness (QED) is 0.572. The molecule has 2 aliphatic rings. The third-order valence-electron chi connectivity index (χ3n) is 5.90. The third kappa shape index (κ3) is 3.73. The van der Waals surface area contributed by atoms with Crippen LogP contribution in [0.1, 0.15) is 61.1 Å². The van der Waals surface area contributed by atoms with Crippen molar-refractivity contribution in [1.82, 2.24) is 4.90 Å². The predicted octanol–water partition coefficient (Wildman–Crippen LogP) is 3.65. The number of imide groups is 1. The Kier molecular flexibility index (Phi) is 5.66. The van der Waals surface area contributed by atoms with Gasteiger partial charge in [-0.15, -0.1) is 0 Å². The second kappa shape index (κ2) is 8.54. The Balaban J connectivity index is 1.66. The molecule has 0 N–H and O–H groups in total. The highest BCUT2D eigenvalue weighted by atomic mass is 16.3. The van der Waals surface area contributed by atoms with E-state index in [9.17, 15) is 14.4 Å². The van der Waals surface area contributed by atoms with Crippen LogP contribution in [0.25, 0.3) is 0 Å². The molecule has 1 saturated carbocycles. The molecule has 0 spiro atoms. The van der Waals surface area contributed by atoms with E-state index in [2.05, 4.69) is 0 Å². The maximum Gasteiger partial charge on any atom is 0.290 e. The number of rotatable bonds is 4. The Bertz CT molecular complexity index is 967. The summed E-state index contributed by atoms with van der Waals surface area (Å²) in [6, 6.07) is 10.6. The Labute approximate surface area is 174 Å². The normalized spacial score (nSPS) is 20.1. The number of nitrogens with zero attached hydrogens (tertiary/aromatic N) is 3. The van der Waals surface area contributed by atoms with Crippen molar-refractivity contribution in [2.45, 2.75) is 57.0 Å². The van der Waals surface area contributed by atoms with Crippen LogP contribution in [-0.4, -0.2) is 34.7 Å². The summed E-state index contributed by atoms with van der Waals surface area (Å²) < 4.78 is 5.33. The predicted molar refractivity (Wildman–Crippen MR) is 108 cm³/mol. The molecule has 1 saturated heterocycles. The lowest BCUT2D eigenvalue weighted by atomic mass is 10.0. The smallest absolute Gasteiger partial charge is 0.290 e. The Morgan fingerprint density at radius 3 is 2.37 bits per heavy atom. The first-order valence-corrected chi connectivity index (χ1v) is 10.3. The molecule has 0 radical (unpaired) electrons. The van der Waals surface area contributed by atoms with E-state index in [-0.39, 0.29) is 30.0 Å². The Morgan fingerprint density at radius 2 is 1.77 bits per heavy atom. The first-order chi connectivity index (χ1) is 14.6. The van der Waals surface area contributed by atoms with E-state index in [1.54, 1.807) is 41.3 Å². The molecule has 154 valence electrons. The number of hydrogen-bond donors (Lipinski definition) is 0. The summed E-state index contributed by atoms with van der Waals surface area (Å²) in [5.74, 6) is -0.925. The molecule has 1 aliphatic heterocycles. The van der Waals surface area contributed by atoms with Gasteiger partial charge >= 0.3 is 0 Å². The highest BCUT2D eigenvalue weighted by Gasteiger charge is 2.47. The molecular formula is C23H23N3O4. The standard InChI is InChI=1S/C23H23N3O4/c24-15-16-9-11-18(12-10-16)26-21(27)14-19(22(26)28)25(17-6-3-1-2-4-7-17)23(29)20-8-5-13-30-20/h5,8-13,17,19H,1-4,6-7,14H2. The molecule has 2 heterocycles. The van der Waals surface area contributed by atoms with Crippen LogP contribution in [0.5, 0.6) is 0 Å². The minimum atomic E-state index is -0.853. The molecule has 7 heteroatoms. The van der Waals surface area contributed by atoms with Gasteiger partial charge in [-0.3, -0.25) is 14.4 Å². The van der Waals surface area contributed by atoms with Crippen LogP contribution >= 0.6 is 0 Å². The molecule has 4 rings (SSSR count). The van der Waals surface area contributed by atoms with Gasteiger partial charge in [0, 0.05) is 6.04 Å². The number of nitriles is 1. The van der Waals surface area contributed by atoms with Crippen molar-refractivity contribution < 1.29 is 18.8 Å². The monoisotopic (exact) mass is 405 g/mol. The first-order valence-electron chi connectivity index (χ1n) is 10.3. The van der Waals surface area contributed by atoms with Gasteiger partial charge in [0.05, 0.1) is 30.0 Å². The minimum absolute atomic E-state index is 0.0538. The van der Waals surface area contributed by atoms with Gasteiger partial charge in [0.1, 0.15) is 6.04 Å². The van der Waals surface area contributed by atoms with Crippen molar-refractivity contribution >= 4 is 23.4 Å². The summed E-state index contributed by atoms with van der Waals surface area (Å²) in [6.07, 6.45) is 7.18. The largest absolute Gasteiger partial charge is 0.459 e. The molecule has 1 aromatic heterocycles. The minimum Gasteiger partial charge on any atom is -0.459 e. The fourth-order valence-electron chi connectivity index (χ4n) is 4.41. The molecule has 2 aromatic rings. The van der Waals surface area contributed by atoms with Crippen molar-refractivity contribution in [3.63, 3.8) is 0 Å². The highest BCUT2D eigenvalue weighted by Crippen LogP contribution is 2.32. The second-order valence-corrected chi connectivity index (χ2v) is 7.78. The van der Waals surface area contributed by atoms with Crippen LogP contribution < -0.4 is 4.90 Å². The van der Waals surface area contributed by atoms with Gasteiger partial charge in [-0.25, -0.2) is 4.90 Å². The molecule has 7 nitrogen and oxygen atoms in total. The maximum atomic E-state index is 13.3. The van der Waals surface area contributed by atoms with Crippen molar-refractivity contribution in [2.24, 2.45) is 0 Å². The van der Waals surface area contributed by atoms with Gasteiger partial charge < -0.3 is 9.32 Å². The van der Waals surface area contributed by atoms with Crippen molar-refractivity contribution in [1.29, 1.82) is 5.26 Å². The molecule has 1 atom stereocenters. The van der Waals surface area contributed by atoms with E-state index in [4.69, 9.17) is 9.68 Å². The second-order valence-electron chi connectivity index (χ2n) is 7.78. The zero-order chi connectivity index (χ0) is 21.1. The first kappa shape index (κ1) is 19.9. The number of furan rings is 1. The zero-order valence-corrected chi connectivity index (χ0v) is 16.6. The van der Waals surface area contributed by atoms with E-state index in [1.807, 2.05) is 6.07 Å². The molecule has 3 amide bonds. The van der Waals surface area contributed by atoms with Gasteiger partial charge in [0.15, 0.2) is 5.76 Å². The number of carbonyl (C=O) groups is 3. The number of benzene rings is 1. The van der Waals surface area contributed by atoms with Crippen molar-refractivity contribution in [2.75, 3.05) is 4.90 Å². The molecule has 30 heavy (non-hydrogen) atoms. The maximum absolute atomic E-state index is 13.3. The van der Waals surface area contributed by atoms with E-state index in [1.165, 1.54) is 6.26 Å². The van der Waals surface area contributed by atoms with E-state index in [0.29, 0.717) is 11.3 Å². The number of hydrogen-bond acceptors (Lipinski definition) is 5. The lowest BCUT2D eigenvalue weighted by Crippen LogP contribution is -2.50. The van der Waals surface area contributed by atoms with Gasteiger partial charge in [0.25, 0.3) is 11.8 Å². The average Bonchev–Trinajstić information content (AvgIpc) is 3.30. The summed E-state index contributed by atoms with van der Waals surface area (Å²) in [5, 5.41) is 8.98. The lowest BCUT2D eigenvalue weighted by molar-refractivity contribution is -0.123. The topological polar surface area (TPSA) is 94.6 Å². The summed E-state index contributed by atoms with van der Waals surface area (Å²) in [6.45, 7) is 0.